The van der Waals surface area contributed by atoms with Crippen LogP contribution in [0, 0.1) is 0 Å². The third kappa shape index (κ3) is 2.89. The van der Waals surface area contributed by atoms with Crippen molar-refractivity contribution < 1.29 is 9.59 Å². The zero-order valence-corrected chi connectivity index (χ0v) is 13.5. The third-order valence-corrected chi connectivity index (χ3v) is 5.35. The van der Waals surface area contributed by atoms with E-state index in [1.807, 2.05) is 30.3 Å². The molecule has 0 unspecified atom stereocenters. The van der Waals surface area contributed by atoms with E-state index in [2.05, 4.69) is 0 Å². The van der Waals surface area contributed by atoms with E-state index < -0.39 is 5.41 Å². The Morgan fingerprint density at radius 3 is 2.45 bits per heavy atom. The van der Waals surface area contributed by atoms with Gasteiger partial charge >= 0.3 is 0 Å². The molecule has 2 nitrogen and oxygen atoms in total. The molecule has 0 saturated heterocycles. The van der Waals surface area contributed by atoms with Crippen LogP contribution in [0.25, 0.3) is 0 Å². The number of ketones is 2. The zero-order chi connectivity index (χ0) is 15.6. The van der Waals surface area contributed by atoms with E-state index in [-0.39, 0.29) is 11.6 Å². The first-order valence-electron chi connectivity index (χ1n) is 8.13. The summed E-state index contributed by atoms with van der Waals surface area (Å²) in [5, 5.41) is 0.687. The van der Waals surface area contributed by atoms with Gasteiger partial charge in [0.25, 0.3) is 0 Å². The molecule has 0 aliphatic heterocycles. The minimum atomic E-state index is -0.391. The lowest BCUT2D eigenvalue weighted by Gasteiger charge is -2.41. The standard InChI is InChI=1S/C19H21ClO2/c20-16-9-7-15(8-10-16)19(11-4-12-19)18(22)13-14-5-2-1-3-6-17(14)21/h5,7-10H,1-4,6,11-13H2. The van der Waals surface area contributed by atoms with Crippen LogP contribution in [0.3, 0.4) is 0 Å². The molecule has 0 amide bonds. The minimum Gasteiger partial charge on any atom is -0.298 e. The van der Waals surface area contributed by atoms with Crippen molar-refractivity contribution in [2.45, 2.75) is 56.8 Å². The predicted octanol–water partition coefficient (Wildman–Crippen LogP) is 4.79. The summed E-state index contributed by atoms with van der Waals surface area (Å²) in [6.45, 7) is 0. The lowest BCUT2D eigenvalue weighted by molar-refractivity contribution is -0.128. The van der Waals surface area contributed by atoms with Crippen molar-refractivity contribution in [1.82, 2.24) is 0 Å². The molecule has 0 aromatic heterocycles. The highest BCUT2D eigenvalue weighted by Gasteiger charge is 2.45. The smallest absolute Gasteiger partial charge is 0.158 e. The molecule has 2 aliphatic carbocycles. The zero-order valence-electron chi connectivity index (χ0n) is 12.7. The second-order valence-corrected chi connectivity index (χ2v) is 6.88. The summed E-state index contributed by atoms with van der Waals surface area (Å²) in [4.78, 5) is 25.1. The fraction of sp³-hybridized carbons (Fsp3) is 0.474. The molecule has 1 aromatic rings. The molecule has 0 radical (unpaired) electrons. The Bertz CT molecular complexity index is 609. The summed E-state index contributed by atoms with van der Waals surface area (Å²) in [6.07, 6.45) is 8.62. The highest BCUT2D eigenvalue weighted by molar-refractivity contribution is 6.30. The number of benzene rings is 1. The monoisotopic (exact) mass is 316 g/mol. The van der Waals surface area contributed by atoms with Gasteiger partial charge in [0.05, 0.1) is 5.41 Å². The molecule has 3 rings (SSSR count). The lowest BCUT2D eigenvalue weighted by atomic mass is 9.61. The van der Waals surface area contributed by atoms with Crippen molar-refractivity contribution in [3.05, 3.63) is 46.5 Å². The maximum Gasteiger partial charge on any atom is 0.158 e. The molecule has 1 fully saturated rings. The summed E-state index contributed by atoms with van der Waals surface area (Å²) < 4.78 is 0. The van der Waals surface area contributed by atoms with Crippen LogP contribution in [-0.4, -0.2) is 11.6 Å². The van der Waals surface area contributed by atoms with E-state index in [4.69, 9.17) is 11.6 Å². The average Bonchev–Trinajstić information content (AvgIpc) is 2.65. The fourth-order valence-electron chi connectivity index (χ4n) is 3.52. The van der Waals surface area contributed by atoms with Gasteiger partial charge in [0, 0.05) is 17.9 Å². The van der Waals surface area contributed by atoms with E-state index in [0.29, 0.717) is 17.9 Å². The Balaban J connectivity index is 1.81. The molecule has 1 aromatic carbocycles. The molecule has 22 heavy (non-hydrogen) atoms. The van der Waals surface area contributed by atoms with Gasteiger partial charge in [-0.05, 0) is 55.4 Å². The van der Waals surface area contributed by atoms with Crippen LogP contribution < -0.4 is 0 Å². The predicted molar refractivity (Wildman–Crippen MR) is 88.2 cm³/mol. The van der Waals surface area contributed by atoms with Crippen molar-refractivity contribution in [2.75, 3.05) is 0 Å². The Morgan fingerprint density at radius 1 is 1.09 bits per heavy atom. The van der Waals surface area contributed by atoms with Gasteiger partial charge < -0.3 is 0 Å². The lowest BCUT2D eigenvalue weighted by Crippen LogP contribution is -2.42. The Morgan fingerprint density at radius 2 is 1.82 bits per heavy atom. The number of rotatable bonds is 4. The number of Topliss-reactive ketones (excluding diaryl/α,β-unsaturated/α-hetero) is 2. The van der Waals surface area contributed by atoms with E-state index in [9.17, 15) is 9.59 Å². The molecular weight excluding hydrogens is 296 g/mol. The number of halogens is 1. The molecule has 0 heterocycles. The van der Waals surface area contributed by atoms with E-state index in [1.165, 1.54) is 0 Å². The van der Waals surface area contributed by atoms with Gasteiger partial charge in [-0.15, -0.1) is 0 Å². The second-order valence-electron chi connectivity index (χ2n) is 6.44. The summed E-state index contributed by atoms with van der Waals surface area (Å²) >= 11 is 5.96. The number of carbonyl (C=O) groups is 2. The minimum absolute atomic E-state index is 0.163. The fourth-order valence-corrected chi connectivity index (χ4v) is 3.65. The van der Waals surface area contributed by atoms with E-state index in [0.717, 1.165) is 49.7 Å². The first-order chi connectivity index (χ1) is 10.6. The maximum atomic E-state index is 12.9. The molecule has 0 N–H and O–H groups in total. The largest absolute Gasteiger partial charge is 0.298 e. The van der Waals surface area contributed by atoms with Gasteiger partial charge in [0.15, 0.2) is 5.78 Å². The van der Waals surface area contributed by atoms with Crippen molar-refractivity contribution in [3.63, 3.8) is 0 Å². The topological polar surface area (TPSA) is 34.1 Å². The van der Waals surface area contributed by atoms with Crippen molar-refractivity contribution >= 4 is 23.2 Å². The molecule has 0 atom stereocenters. The summed E-state index contributed by atoms with van der Waals surface area (Å²) in [5.74, 6) is 0.360. The Labute approximate surface area is 136 Å². The van der Waals surface area contributed by atoms with E-state index >= 15 is 0 Å². The quantitative estimate of drug-likeness (QED) is 0.800. The molecule has 0 bridgehead atoms. The molecule has 1 saturated carbocycles. The summed E-state index contributed by atoms with van der Waals surface area (Å²) in [6, 6.07) is 7.62. The molecule has 2 aliphatic rings. The van der Waals surface area contributed by atoms with Crippen LogP contribution in [-0.2, 0) is 15.0 Å². The van der Waals surface area contributed by atoms with Gasteiger partial charge in [-0.1, -0.05) is 36.2 Å². The Kier molecular flexibility index (Phi) is 4.49. The summed E-state index contributed by atoms with van der Waals surface area (Å²) in [7, 11) is 0. The third-order valence-electron chi connectivity index (χ3n) is 5.10. The average molecular weight is 317 g/mol. The van der Waals surface area contributed by atoms with Crippen molar-refractivity contribution in [2.24, 2.45) is 0 Å². The van der Waals surface area contributed by atoms with Crippen molar-refractivity contribution in [1.29, 1.82) is 0 Å². The van der Waals surface area contributed by atoms with Crippen LogP contribution in [0.5, 0.6) is 0 Å². The molecule has 116 valence electrons. The number of carbonyl (C=O) groups excluding carboxylic acids is 2. The first-order valence-corrected chi connectivity index (χ1v) is 8.51. The second kappa shape index (κ2) is 6.37. The van der Waals surface area contributed by atoms with Crippen LogP contribution in [0.4, 0.5) is 0 Å². The van der Waals surface area contributed by atoms with Crippen LogP contribution in [0.15, 0.2) is 35.9 Å². The molecule has 3 heteroatoms. The van der Waals surface area contributed by atoms with Gasteiger partial charge in [-0.25, -0.2) is 0 Å². The van der Waals surface area contributed by atoms with E-state index in [1.54, 1.807) is 0 Å². The highest BCUT2D eigenvalue weighted by Crippen LogP contribution is 2.46. The number of hydrogen-bond donors (Lipinski definition) is 0. The van der Waals surface area contributed by atoms with Gasteiger partial charge in [0.1, 0.15) is 5.78 Å². The van der Waals surface area contributed by atoms with Crippen LogP contribution >= 0.6 is 11.6 Å². The van der Waals surface area contributed by atoms with Crippen LogP contribution in [0.1, 0.15) is 56.9 Å². The molecular formula is C19H21ClO2. The Hall–Kier alpha value is -1.41. The highest BCUT2D eigenvalue weighted by atomic mass is 35.5. The van der Waals surface area contributed by atoms with Gasteiger partial charge in [0.2, 0.25) is 0 Å². The molecule has 0 spiro atoms. The van der Waals surface area contributed by atoms with Crippen molar-refractivity contribution in [3.8, 4) is 0 Å². The number of hydrogen-bond acceptors (Lipinski definition) is 2. The number of allylic oxidation sites excluding steroid dienone is 2. The SMILES string of the molecule is O=C1CCCCC=C1CC(=O)C1(c2ccc(Cl)cc2)CCC1. The van der Waals surface area contributed by atoms with Gasteiger partial charge in [-0.2, -0.15) is 0 Å². The summed E-state index contributed by atoms with van der Waals surface area (Å²) in [5.41, 5.74) is 1.40. The van der Waals surface area contributed by atoms with Crippen LogP contribution in [0.2, 0.25) is 5.02 Å². The maximum absolute atomic E-state index is 12.9. The first kappa shape index (κ1) is 15.5. The normalized spacial score (nSPS) is 20.8. The van der Waals surface area contributed by atoms with Gasteiger partial charge in [-0.3, -0.25) is 9.59 Å².